The number of hydrogen-bond acceptors (Lipinski definition) is 2. The van der Waals surface area contributed by atoms with Crippen LogP contribution in [-0.4, -0.2) is 0 Å². The van der Waals surface area contributed by atoms with Crippen molar-refractivity contribution >= 4 is 23.0 Å². The fourth-order valence-corrected chi connectivity index (χ4v) is 3.19. The van der Waals surface area contributed by atoms with Crippen molar-refractivity contribution in [3.63, 3.8) is 0 Å². The van der Waals surface area contributed by atoms with Crippen molar-refractivity contribution in [1.29, 1.82) is 0 Å². The van der Waals surface area contributed by atoms with E-state index in [0.717, 1.165) is 11.6 Å². The molecular weight excluding hydrogens is 304 g/mol. The van der Waals surface area contributed by atoms with Crippen LogP contribution >= 0.6 is 11.6 Å². The summed E-state index contributed by atoms with van der Waals surface area (Å²) in [5.41, 5.74) is 4.91. The molecule has 23 heavy (non-hydrogen) atoms. The Morgan fingerprint density at radius 1 is 0.826 bits per heavy atom. The summed E-state index contributed by atoms with van der Waals surface area (Å²) in [6, 6.07) is 27.1. The minimum absolute atomic E-state index is 0.0876. The lowest BCUT2D eigenvalue weighted by Gasteiger charge is -2.40. The van der Waals surface area contributed by atoms with Crippen molar-refractivity contribution in [3.05, 3.63) is 95.0 Å². The molecule has 114 valence electrons. The molecule has 3 heteroatoms. The van der Waals surface area contributed by atoms with E-state index in [1.165, 1.54) is 22.5 Å². The molecule has 0 aliphatic carbocycles. The first-order valence-corrected chi connectivity index (χ1v) is 8.11. The molecule has 0 fully saturated rings. The highest BCUT2D eigenvalue weighted by atomic mass is 35.5. The first-order chi connectivity index (χ1) is 11.3. The Kier molecular flexibility index (Phi) is 3.68. The first-order valence-electron chi connectivity index (χ1n) is 7.73. The van der Waals surface area contributed by atoms with Gasteiger partial charge in [-0.25, -0.2) is 0 Å². The molecule has 0 saturated heterocycles. The Morgan fingerprint density at radius 2 is 1.52 bits per heavy atom. The van der Waals surface area contributed by atoms with Gasteiger partial charge in [0.1, 0.15) is 6.17 Å². The van der Waals surface area contributed by atoms with E-state index in [2.05, 4.69) is 70.9 Å². The minimum Gasteiger partial charge on any atom is -0.361 e. The SMILES string of the molecule is Clc1ccc(C2Nc3ccccc3CN2c2ccccc2)cc1. The lowest BCUT2D eigenvalue weighted by molar-refractivity contribution is 0.658. The molecule has 1 atom stereocenters. The van der Waals surface area contributed by atoms with Crippen LogP contribution in [0.2, 0.25) is 5.02 Å². The van der Waals surface area contributed by atoms with Gasteiger partial charge in [0.2, 0.25) is 0 Å². The van der Waals surface area contributed by atoms with Gasteiger partial charge in [-0.2, -0.15) is 0 Å². The average molecular weight is 321 g/mol. The Bertz CT molecular complexity index is 799. The Hall–Kier alpha value is -2.45. The van der Waals surface area contributed by atoms with Crippen LogP contribution in [0, 0.1) is 0 Å². The standard InChI is InChI=1S/C20H17ClN2/c21-17-12-10-15(11-13-17)20-22-19-9-5-4-6-16(19)14-23(20)18-7-2-1-3-8-18/h1-13,20,22H,14H2. The van der Waals surface area contributed by atoms with E-state index in [-0.39, 0.29) is 6.17 Å². The zero-order valence-electron chi connectivity index (χ0n) is 12.6. The largest absolute Gasteiger partial charge is 0.361 e. The highest BCUT2D eigenvalue weighted by Crippen LogP contribution is 2.36. The van der Waals surface area contributed by atoms with E-state index in [9.17, 15) is 0 Å². The number of nitrogens with one attached hydrogen (secondary N) is 1. The van der Waals surface area contributed by atoms with Crippen LogP contribution in [0.25, 0.3) is 0 Å². The number of nitrogens with zero attached hydrogens (tertiary/aromatic N) is 1. The lowest BCUT2D eigenvalue weighted by atomic mass is 10.0. The maximum absolute atomic E-state index is 6.05. The van der Waals surface area contributed by atoms with Gasteiger partial charge < -0.3 is 10.2 Å². The second-order valence-electron chi connectivity index (χ2n) is 5.72. The minimum atomic E-state index is 0.0876. The fourth-order valence-electron chi connectivity index (χ4n) is 3.07. The molecule has 1 aliphatic heterocycles. The molecule has 3 aromatic rings. The summed E-state index contributed by atoms with van der Waals surface area (Å²) >= 11 is 6.05. The van der Waals surface area contributed by atoms with Crippen molar-refractivity contribution < 1.29 is 0 Å². The maximum atomic E-state index is 6.05. The third kappa shape index (κ3) is 2.78. The number of anilines is 2. The molecule has 0 saturated carbocycles. The molecule has 1 heterocycles. The van der Waals surface area contributed by atoms with Gasteiger partial charge >= 0.3 is 0 Å². The third-order valence-electron chi connectivity index (χ3n) is 4.24. The van der Waals surface area contributed by atoms with Gasteiger partial charge in [0.25, 0.3) is 0 Å². The second kappa shape index (κ2) is 5.98. The Balaban J connectivity index is 1.78. The van der Waals surface area contributed by atoms with Gasteiger partial charge in [0.05, 0.1) is 0 Å². The summed E-state index contributed by atoms with van der Waals surface area (Å²) in [5, 5.41) is 4.42. The second-order valence-corrected chi connectivity index (χ2v) is 6.16. The maximum Gasteiger partial charge on any atom is 0.126 e. The number of rotatable bonds is 2. The van der Waals surface area contributed by atoms with Gasteiger partial charge in [-0.05, 0) is 41.5 Å². The highest BCUT2D eigenvalue weighted by molar-refractivity contribution is 6.30. The molecule has 1 unspecified atom stereocenters. The van der Waals surface area contributed by atoms with E-state index < -0.39 is 0 Å². The highest BCUT2D eigenvalue weighted by Gasteiger charge is 2.26. The first kappa shape index (κ1) is 14.2. The monoisotopic (exact) mass is 320 g/mol. The van der Waals surface area contributed by atoms with Gasteiger partial charge in [0.15, 0.2) is 0 Å². The van der Waals surface area contributed by atoms with Crippen molar-refractivity contribution in [1.82, 2.24) is 0 Å². The summed E-state index contributed by atoms with van der Waals surface area (Å²) in [6.45, 7) is 0.875. The van der Waals surface area contributed by atoms with Gasteiger partial charge in [0, 0.05) is 22.9 Å². The van der Waals surface area contributed by atoms with Crippen LogP contribution in [0.4, 0.5) is 11.4 Å². The predicted octanol–water partition coefficient (Wildman–Crippen LogP) is 5.47. The van der Waals surface area contributed by atoms with E-state index in [0.29, 0.717) is 0 Å². The average Bonchev–Trinajstić information content (AvgIpc) is 2.62. The molecule has 2 nitrogen and oxygen atoms in total. The number of fused-ring (bicyclic) bond motifs is 1. The molecule has 0 amide bonds. The van der Waals surface area contributed by atoms with Crippen molar-refractivity contribution in [2.75, 3.05) is 10.2 Å². The summed E-state index contributed by atoms with van der Waals surface area (Å²) in [7, 11) is 0. The zero-order valence-corrected chi connectivity index (χ0v) is 13.4. The number of hydrogen-bond donors (Lipinski definition) is 1. The molecule has 0 spiro atoms. The molecule has 4 rings (SSSR count). The van der Waals surface area contributed by atoms with Gasteiger partial charge in [-0.1, -0.05) is 60.1 Å². The predicted molar refractivity (Wildman–Crippen MR) is 96.9 cm³/mol. The summed E-state index contributed by atoms with van der Waals surface area (Å²) in [6.07, 6.45) is 0.0876. The normalized spacial score (nSPS) is 16.6. The van der Waals surface area contributed by atoms with Crippen LogP contribution < -0.4 is 10.2 Å². The summed E-state index contributed by atoms with van der Waals surface area (Å²) in [5.74, 6) is 0. The van der Waals surface area contributed by atoms with Crippen molar-refractivity contribution in [3.8, 4) is 0 Å². The van der Waals surface area contributed by atoms with Crippen molar-refractivity contribution in [2.24, 2.45) is 0 Å². The smallest absolute Gasteiger partial charge is 0.126 e. The number of halogens is 1. The summed E-state index contributed by atoms with van der Waals surface area (Å²) < 4.78 is 0. The molecule has 0 radical (unpaired) electrons. The van der Waals surface area contributed by atoms with Crippen LogP contribution in [0.15, 0.2) is 78.9 Å². The molecule has 1 aliphatic rings. The molecule has 1 N–H and O–H groups in total. The molecule has 3 aromatic carbocycles. The molecule has 0 aromatic heterocycles. The van der Waals surface area contributed by atoms with Crippen molar-refractivity contribution in [2.45, 2.75) is 12.7 Å². The van der Waals surface area contributed by atoms with E-state index in [1.54, 1.807) is 0 Å². The van der Waals surface area contributed by atoms with E-state index in [4.69, 9.17) is 11.6 Å². The van der Waals surface area contributed by atoms with Gasteiger partial charge in [-0.15, -0.1) is 0 Å². The quantitative estimate of drug-likeness (QED) is 0.673. The van der Waals surface area contributed by atoms with Crippen LogP contribution in [-0.2, 0) is 6.54 Å². The molecule has 0 bridgehead atoms. The topological polar surface area (TPSA) is 15.3 Å². The van der Waals surface area contributed by atoms with Crippen LogP contribution in [0.5, 0.6) is 0 Å². The third-order valence-corrected chi connectivity index (χ3v) is 4.49. The van der Waals surface area contributed by atoms with E-state index in [1.807, 2.05) is 18.2 Å². The fraction of sp³-hybridized carbons (Fsp3) is 0.100. The number of para-hydroxylation sites is 2. The van der Waals surface area contributed by atoms with Crippen LogP contribution in [0.1, 0.15) is 17.3 Å². The van der Waals surface area contributed by atoms with Gasteiger partial charge in [-0.3, -0.25) is 0 Å². The van der Waals surface area contributed by atoms with E-state index >= 15 is 0 Å². The summed E-state index contributed by atoms with van der Waals surface area (Å²) in [4.78, 5) is 2.38. The lowest BCUT2D eigenvalue weighted by Crippen LogP contribution is -2.37. The zero-order chi connectivity index (χ0) is 15.6. The Morgan fingerprint density at radius 3 is 2.30 bits per heavy atom. The Labute approximate surface area is 141 Å². The molecular formula is C20H17ClN2. The number of benzene rings is 3. The van der Waals surface area contributed by atoms with Crippen LogP contribution in [0.3, 0.4) is 0 Å².